The van der Waals surface area contributed by atoms with E-state index in [1.807, 2.05) is 30.3 Å². The van der Waals surface area contributed by atoms with Gasteiger partial charge in [0, 0.05) is 12.6 Å². The first-order valence-corrected chi connectivity index (χ1v) is 7.99. The molecule has 1 aliphatic heterocycles. The standard InChI is InChI=1S/C18H21N3O2/c1-14-7-5-6-12-21(14)17-11-10-15(13-19-17)20-18(22)23-16-8-3-2-4-9-16/h2-4,8-11,13-14H,5-7,12H2,1H3,(H,20,22). The molecule has 1 unspecified atom stereocenters. The highest BCUT2D eigenvalue weighted by Crippen LogP contribution is 2.23. The molecular formula is C18H21N3O2. The summed E-state index contributed by atoms with van der Waals surface area (Å²) in [6.07, 6.45) is 4.84. The van der Waals surface area contributed by atoms with Crippen molar-refractivity contribution >= 4 is 17.6 Å². The molecule has 120 valence electrons. The molecule has 1 aliphatic rings. The predicted octanol–water partition coefficient (Wildman–Crippen LogP) is 4.07. The summed E-state index contributed by atoms with van der Waals surface area (Å²) in [7, 11) is 0. The third-order valence-electron chi connectivity index (χ3n) is 4.05. The van der Waals surface area contributed by atoms with E-state index in [1.54, 1.807) is 18.3 Å². The Morgan fingerprint density at radius 3 is 2.74 bits per heavy atom. The van der Waals surface area contributed by atoms with E-state index < -0.39 is 6.09 Å². The Bertz CT molecular complexity index is 643. The van der Waals surface area contributed by atoms with Crippen LogP contribution in [0.4, 0.5) is 16.3 Å². The number of hydrogen-bond donors (Lipinski definition) is 1. The average Bonchev–Trinajstić information content (AvgIpc) is 2.57. The van der Waals surface area contributed by atoms with Crippen molar-refractivity contribution in [3.8, 4) is 5.75 Å². The normalized spacial score (nSPS) is 17.6. The van der Waals surface area contributed by atoms with Gasteiger partial charge in [0.05, 0.1) is 11.9 Å². The van der Waals surface area contributed by atoms with E-state index in [9.17, 15) is 4.79 Å². The molecule has 23 heavy (non-hydrogen) atoms. The van der Waals surface area contributed by atoms with Gasteiger partial charge in [-0.3, -0.25) is 5.32 Å². The lowest BCUT2D eigenvalue weighted by Gasteiger charge is -2.34. The Labute approximate surface area is 136 Å². The maximum atomic E-state index is 11.8. The van der Waals surface area contributed by atoms with Gasteiger partial charge >= 0.3 is 6.09 Å². The van der Waals surface area contributed by atoms with Crippen molar-refractivity contribution in [3.63, 3.8) is 0 Å². The molecule has 0 bridgehead atoms. The quantitative estimate of drug-likeness (QED) is 0.928. The summed E-state index contributed by atoms with van der Waals surface area (Å²) in [4.78, 5) is 18.6. The van der Waals surface area contributed by atoms with Gasteiger partial charge in [-0.1, -0.05) is 18.2 Å². The lowest BCUT2D eigenvalue weighted by atomic mass is 10.0. The van der Waals surface area contributed by atoms with E-state index in [2.05, 4.69) is 22.1 Å². The fraction of sp³-hybridized carbons (Fsp3) is 0.333. The van der Waals surface area contributed by atoms with Gasteiger partial charge in [-0.05, 0) is 50.5 Å². The first kappa shape index (κ1) is 15.3. The Morgan fingerprint density at radius 1 is 1.22 bits per heavy atom. The molecule has 2 aromatic rings. The van der Waals surface area contributed by atoms with Crippen LogP contribution in [0.15, 0.2) is 48.7 Å². The fourth-order valence-electron chi connectivity index (χ4n) is 2.81. The van der Waals surface area contributed by atoms with E-state index >= 15 is 0 Å². The number of pyridine rings is 1. The number of amides is 1. The SMILES string of the molecule is CC1CCCCN1c1ccc(NC(=O)Oc2ccccc2)cn1. The van der Waals surface area contributed by atoms with E-state index in [4.69, 9.17) is 4.74 Å². The molecule has 1 N–H and O–H groups in total. The average molecular weight is 311 g/mol. The molecule has 0 spiro atoms. The van der Waals surface area contributed by atoms with Crippen molar-refractivity contribution in [1.29, 1.82) is 0 Å². The second-order valence-electron chi connectivity index (χ2n) is 5.77. The molecule has 1 saturated heterocycles. The molecule has 2 heterocycles. The van der Waals surface area contributed by atoms with Crippen molar-refractivity contribution in [2.75, 3.05) is 16.8 Å². The van der Waals surface area contributed by atoms with Crippen molar-refractivity contribution in [1.82, 2.24) is 4.98 Å². The third kappa shape index (κ3) is 4.00. The van der Waals surface area contributed by atoms with E-state index in [0.717, 1.165) is 12.4 Å². The molecule has 1 fully saturated rings. The van der Waals surface area contributed by atoms with Gasteiger partial charge in [-0.15, -0.1) is 0 Å². The summed E-state index contributed by atoms with van der Waals surface area (Å²) in [5.74, 6) is 1.47. The van der Waals surface area contributed by atoms with E-state index in [-0.39, 0.29) is 0 Å². The van der Waals surface area contributed by atoms with Crippen LogP contribution in [0.5, 0.6) is 5.75 Å². The van der Waals surface area contributed by atoms with Gasteiger partial charge in [0.25, 0.3) is 0 Å². The molecule has 0 radical (unpaired) electrons. The first-order valence-electron chi connectivity index (χ1n) is 7.99. The van der Waals surface area contributed by atoms with Crippen LogP contribution >= 0.6 is 0 Å². The fourth-order valence-corrected chi connectivity index (χ4v) is 2.81. The molecule has 5 heteroatoms. The number of carbonyl (C=O) groups excluding carboxylic acids is 1. The molecule has 1 aromatic carbocycles. The van der Waals surface area contributed by atoms with Crippen molar-refractivity contribution in [2.24, 2.45) is 0 Å². The zero-order valence-corrected chi connectivity index (χ0v) is 13.2. The molecule has 1 aromatic heterocycles. The largest absolute Gasteiger partial charge is 0.417 e. The number of anilines is 2. The molecule has 3 rings (SSSR count). The summed E-state index contributed by atoms with van der Waals surface area (Å²) in [5, 5.41) is 2.69. The van der Waals surface area contributed by atoms with Crippen LogP contribution in [0.2, 0.25) is 0 Å². The minimum absolute atomic E-state index is 0.511. The number of rotatable bonds is 3. The maximum Gasteiger partial charge on any atom is 0.417 e. The lowest BCUT2D eigenvalue weighted by molar-refractivity contribution is 0.215. The number of carbonyl (C=O) groups is 1. The smallest absolute Gasteiger partial charge is 0.410 e. The first-order chi connectivity index (χ1) is 11.2. The van der Waals surface area contributed by atoms with Gasteiger partial charge in [0.2, 0.25) is 0 Å². The minimum atomic E-state index is -0.517. The minimum Gasteiger partial charge on any atom is -0.410 e. The number of ether oxygens (including phenoxy) is 1. The Hall–Kier alpha value is -2.56. The van der Waals surface area contributed by atoms with Gasteiger partial charge in [0.1, 0.15) is 11.6 Å². The summed E-state index contributed by atoms with van der Waals surface area (Å²) >= 11 is 0. The monoisotopic (exact) mass is 311 g/mol. The number of nitrogens with one attached hydrogen (secondary N) is 1. The summed E-state index contributed by atoms with van der Waals surface area (Å²) in [6, 6.07) is 13.3. The van der Waals surface area contributed by atoms with Gasteiger partial charge in [-0.2, -0.15) is 0 Å². The number of para-hydroxylation sites is 1. The Morgan fingerprint density at radius 2 is 2.04 bits per heavy atom. The molecule has 1 amide bonds. The maximum absolute atomic E-state index is 11.8. The second-order valence-corrected chi connectivity index (χ2v) is 5.77. The molecule has 1 atom stereocenters. The lowest BCUT2D eigenvalue weighted by Crippen LogP contribution is -2.37. The van der Waals surface area contributed by atoms with Crippen LogP contribution in [0.3, 0.4) is 0 Å². The summed E-state index contributed by atoms with van der Waals surface area (Å²) in [5.41, 5.74) is 0.624. The number of hydrogen-bond acceptors (Lipinski definition) is 4. The van der Waals surface area contributed by atoms with Crippen LogP contribution in [0.1, 0.15) is 26.2 Å². The van der Waals surface area contributed by atoms with Crippen molar-refractivity contribution < 1.29 is 9.53 Å². The van der Waals surface area contributed by atoms with Gasteiger partial charge in [-0.25, -0.2) is 9.78 Å². The summed E-state index contributed by atoms with van der Waals surface area (Å²) in [6.45, 7) is 3.27. The summed E-state index contributed by atoms with van der Waals surface area (Å²) < 4.78 is 5.19. The van der Waals surface area contributed by atoms with Crippen LogP contribution in [0, 0.1) is 0 Å². The van der Waals surface area contributed by atoms with Crippen molar-refractivity contribution in [3.05, 3.63) is 48.7 Å². The number of nitrogens with zero attached hydrogens (tertiary/aromatic N) is 2. The third-order valence-corrected chi connectivity index (χ3v) is 4.05. The molecule has 5 nitrogen and oxygen atoms in total. The highest BCUT2D eigenvalue weighted by atomic mass is 16.6. The van der Waals surface area contributed by atoms with Crippen LogP contribution in [0.25, 0.3) is 0 Å². The highest BCUT2D eigenvalue weighted by Gasteiger charge is 2.19. The Balaban J connectivity index is 1.60. The van der Waals surface area contributed by atoms with Crippen LogP contribution < -0.4 is 15.0 Å². The number of piperidine rings is 1. The molecular weight excluding hydrogens is 290 g/mol. The highest BCUT2D eigenvalue weighted by molar-refractivity contribution is 5.86. The van der Waals surface area contributed by atoms with Crippen LogP contribution in [-0.2, 0) is 0 Å². The molecule has 0 saturated carbocycles. The van der Waals surface area contributed by atoms with E-state index in [0.29, 0.717) is 17.5 Å². The van der Waals surface area contributed by atoms with Gasteiger partial charge in [0.15, 0.2) is 0 Å². The number of benzene rings is 1. The Kier molecular flexibility index (Phi) is 4.76. The zero-order chi connectivity index (χ0) is 16.1. The zero-order valence-electron chi connectivity index (χ0n) is 13.2. The van der Waals surface area contributed by atoms with Gasteiger partial charge < -0.3 is 9.64 Å². The number of aromatic nitrogens is 1. The van der Waals surface area contributed by atoms with E-state index in [1.165, 1.54) is 19.3 Å². The molecule has 0 aliphatic carbocycles. The predicted molar refractivity (Wildman–Crippen MR) is 91.0 cm³/mol. The van der Waals surface area contributed by atoms with Crippen LogP contribution in [-0.4, -0.2) is 23.7 Å². The second kappa shape index (κ2) is 7.13. The van der Waals surface area contributed by atoms with Crippen molar-refractivity contribution in [2.45, 2.75) is 32.2 Å². The topological polar surface area (TPSA) is 54.5 Å².